The molecule has 2 rings (SSSR count). The number of aliphatic imine (C=N–C) groups is 1. The summed E-state index contributed by atoms with van der Waals surface area (Å²) >= 11 is 0. The van der Waals surface area contributed by atoms with E-state index in [1.807, 2.05) is 24.3 Å². The third-order valence-electron chi connectivity index (χ3n) is 4.01. The summed E-state index contributed by atoms with van der Waals surface area (Å²) < 4.78 is 10.0. The fourth-order valence-electron chi connectivity index (χ4n) is 2.55. The van der Waals surface area contributed by atoms with Gasteiger partial charge in [-0.25, -0.2) is 4.79 Å². The molecule has 27 heavy (non-hydrogen) atoms. The predicted molar refractivity (Wildman–Crippen MR) is 118 cm³/mol. The quantitative estimate of drug-likeness (QED) is 0.285. The molecule has 2 aromatic rings. The van der Waals surface area contributed by atoms with E-state index in [0.717, 1.165) is 5.56 Å². The van der Waals surface area contributed by atoms with Crippen LogP contribution in [0.5, 0.6) is 5.75 Å². The van der Waals surface area contributed by atoms with Crippen LogP contribution in [0.4, 0.5) is 0 Å². The van der Waals surface area contributed by atoms with Crippen LogP contribution in [-0.2, 0) is 11.3 Å². The maximum atomic E-state index is 11.9. The standard InChI is InChI=1S/C20H25N3O3.HI/c1-14(16-8-6-5-7-9-16)23-20(21-2)22-13-15-10-11-18(25-3)17(12-15)19(24)26-4;/h5-12,14H,13H2,1-4H3,(H2,21,22,23);1H. The lowest BCUT2D eigenvalue weighted by Gasteiger charge is -2.18. The molecule has 2 N–H and O–H groups in total. The van der Waals surface area contributed by atoms with Crippen LogP contribution in [-0.4, -0.2) is 33.2 Å². The normalized spacial score (nSPS) is 11.8. The van der Waals surface area contributed by atoms with E-state index in [4.69, 9.17) is 9.47 Å². The van der Waals surface area contributed by atoms with Crippen LogP contribution in [0.15, 0.2) is 53.5 Å². The zero-order valence-corrected chi connectivity index (χ0v) is 18.3. The summed E-state index contributed by atoms with van der Waals surface area (Å²) in [6, 6.07) is 15.7. The summed E-state index contributed by atoms with van der Waals surface area (Å²) in [5.41, 5.74) is 2.49. The number of guanidine groups is 1. The zero-order valence-electron chi connectivity index (χ0n) is 16.0. The number of esters is 1. The molecule has 6 nitrogen and oxygen atoms in total. The average molecular weight is 483 g/mol. The number of nitrogens with zero attached hydrogens (tertiary/aromatic N) is 1. The Morgan fingerprint density at radius 3 is 2.44 bits per heavy atom. The van der Waals surface area contributed by atoms with Gasteiger partial charge in [0.2, 0.25) is 0 Å². The maximum Gasteiger partial charge on any atom is 0.341 e. The Hall–Kier alpha value is -2.29. The van der Waals surface area contributed by atoms with E-state index in [1.165, 1.54) is 19.8 Å². The lowest BCUT2D eigenvalue weighted by molar-refractivity contribution is 0.0597. The summed E-state index contributed by atoms with van der Waals surface area (Å²) in [6.07, 6.45) is 0. The number of benzene rings is 2. The molecule has 1 atom stereocenters. The summed E-state index contributed by atoms with van der Waals surface area (Å²) in [6.45, 7) is 2.58. The lowest BCUT2D eigenvalue weighted by atomic mass is 10.1. The topological polar surface area (TPSA) is 72.0 Å². The SMILES string of the molecule is CN=C(NCc1ccc(OC)c(C(=O)OC)c1)NC(C)c1ccccc1.I. The third kappa shape index (κ3) is 6.42. The molecule has 0 bridgehead atoms. The highest BCUT2D eigenvalue weighted by molar-refractivity contribution is 14.0. The van der Waals surface area contributed by atoms with Crippen molar-refractivity contribution in [2.24, 2.45) is 4.99 Å². The van der Waals surface area contributed by atoms with Crippen molar-refractivity contribution in [3.05, 3.63) is 65.2 Å². The molecule has 0 radical (unpaired) electrons. The van der Waals surface area contributed by atoms with E-state index in [9.17, 15) is 4.79 Å². The second-order valence-corrected chi connectivity index (χ2v) is 5.73. The molecular weight excluding hydrogens is 457 g/mol. The van der Waals surface area contributed by atoms with Gasteiger partial charge in [0, 0.05) is 13.6 Å². The number of halogens is 1. The van der Waals surface area contributed by atoms with E-state index in [2.05, 4.69) is 34.7 Å². The number of nitrogens with one attached hydrogen (secondary N) is 2. The molecule has 0 heterocycles. The molecule has 0 saturated heterocycles. The Morgan fingerprint density at radius 1 is 1.15 bits per heavy atom. The highest BCUT2D eigenvalue weighted by atomic mass is 127. The van der Waals surface area contributed by atoms with Gasteiger partial charge in [0.25, 0.3) is 0 Å². The van der Waals surface area contributed by atoms with Crippen molar-refractivity contribution in [2.75, 3.05) is 21.3 Å². The van der Waals surface area contributed by atoms with Gasteiger partial charge in [0.15, 0.2) is 5.96 Å². The first kappa shape index (κ1) is 22.8. The number of carbonyl (C=O) groups excluding carboxylic acids is 1. The van der Waals surface area contributed by atoms with Crippen LogP contribution in [0.25, 0.3) is 0 Å². The van der Waals surface area contributed by atoms with Crippen LogP contribution in [0.1, 0.15) is 34.5 Å². The molecule has 2 aromatic carbocycles. The molecule has 0 aromatic heterocycles. The molecule has 146 valence electrons. The smallest absolute Gasteiger partial charge is 0.341 e. The molecule has 0 aliphatic carbocycles. The third-order valence-corrected chi connectivity index (χ3v) is 4.01. The van der Waals surface area contributed by atoms with Crippen LogP contribution in [0.3, 0.4) is 0 Å². The molecule has 7 heteroatoms. The number of ether oxygens (including phenoxy) is 2. The summed E-state index contributed by atoms with van der Waals surface area (Å²) in [4.78, 5) is 16.1. The average Bonchev–Trinajstić information content (AvgIpc) is 2.70. The predicted octanol–water partition coefficient (Wildman–Crippen LogP) is 3.53. The molecule has 0 aliphatic rings. The van der Waals surface area contributed by atoms with Crippen LogP contribution < -0.4 is 15.4 Å². The van der Waals surface area contributed by atoms with Crippen molar-refractivity contribution in [3.63, 3.8) is 0 Å². The van der Waals surface area contributed by atoms with Crippen LogP contribution in [0, 0.1) is 0 Å². The summed E-state index contributed by atoms with van der Waals surface area (Å²) in [5, 5.41) is 6.60. The molecule has 0 saturated carbocycles. The maximum absolute atomic E-state index is 11.9. The van der Waals surface area contributed by atoms with Gasteiger partial charge in [0.05, 0.1) is 20.3 Å². The van der Waals surface area contributed by atoms with Crippen LogP contribution >= 0.6 is 24.0 Å². The lowest BCUT2D eigenvalue weighted by Crippen LogP contribution is -2.38. The van der Waals surface area contributed by atoms with Gasteiger partial charge < -0.3 is 20.1 Å². The molecular formula is C20H26IN3O3. The van der Waals surface area contributed by atoms with Gasteiger partial charge in [0.1, 0.15) is 11.3 Å². The molecule has 0 spiro atoms. The monoisotopic (exact) mass is 483 g/mol. The summed E-state index contributed by atoms with van der Waals surface area (Å²) in [5.74, 6) is 0.738. The minimum atomic E-state index is -0.427. The molecule has 0 amide bonds. The highest BCUT2D eigenvalue weighted by Gasteiger charge is 2.14. The van der Waals surface area contributed by atoms with E-state index in [-0.39, 0.29) is 30.0 Å². The second-order valence-electron chi connectivity index (χ2n) is 5.73. The minimum absolute atomic E-state index is 0. The fourth-order valence-corrected chi connectivity index (χ4v) is 2.55. The van der Waals surface area contributed by atoms with Crippen molar-refractivity contribution in [1.29, 1.82) is 0 Å². The molecule has 0 aliphatic heterocycles. The number of hydrogen-bond acceptors (Lipinski definition) is 4. The zero-order chi connectivity index (χ0) is 18.9. The number of carbonyl (C=O) groups is 1. The Labute approximate surface area is 177 Å². The van der Waals surface area contributed by atoms with Crippen molar-refractivity contribution < 1.29 is 14.3 Å². The van der Waals surface area contributed by atoms with E-state index >= 15 is 0 Å². The first-order valence-corrected chi connectivity index (χ1v) is 8.36. The Balaban J connectivity index is 0.00000364. The molecule has 1 unspecified atom stereocenters. The van der Waals surface area contributed by atoms with Crippen molar-refractivity contribution in [3.8, 4) is 5.75 Å². The number of methoxy groups -OCH3 is 2. The van der Waals surface area contributed by atoms with Gasteiger partial charge >= 0.3 is 5.97 Å². The van der Waals surface area contributed by atoms with Gasteiger partial charge in [-0.3, -0.25) is 4.99 Å². The number of hydrogen-bond donors (Lipinski definition) is 2. The van der Waals surface area contributed by atoms with Gasteiger partial charge in [-0.2, -0.15) is 0 Å². The largest absolute Gasteiger partial charge is 0.496 e. The van der Waals surface area contributed by atoms with E-state index in [0.29, 0.717) is 23.8 Å². The Morgan fingerprint density at radius 2 is 1.85 bits per heavy atom. The van der Waals surface area contributed by atoms with Crippen molar-refractivity contribution in [2.45, 2.75) is 19.5 Å². The van der Waals surface area contributed by atoms with Gasteiger partial charge in [-0.05, 0) is 30.2 Å². The fraction of sp³-hybridized carbons (Fsp3) is 0.300. The summed E-state index contributed by atoms with van der Waals surface area (Å²) in [7, 11) is 4.60. The Bertz CT molecular complexity index is 766. The van der Waals surface area contributed by atoms with E-state index < -0.39 is 5.97 Å². The highest BCUT2D eigenvalue weighted by Crippen LogP contribution is 2.20. The van der Waals surface area contributed by atoms with Gasteiger partial charge in [-0.1, -0.05) is 36.4 Å². The van der Waals surface area contributed by atoms with Crippen molar-refractivity contribution in [1.82, 2.24) is 10.6 Å². The second kappa shape index (κ2) is 11.4. The number of rotatable bonds is 6. The molecule has 0 fully saturated rings. The van der Waals surface area contributed by atoms with Crippen molar-refractivity contribution >= 4 is 35.9 Å². The Kier molecular flexibility index (Phi) is 9.63. The van der Waals surface area contributed by atoms with Crippen LogP contribution in [0.2, 0.25) is 0 Å². The van der Waals surface area contributed by atoms with Gasteiger partial charge in [-0.15, -0.1) is 24.0 Å². The first-order valence-electron chi connectivity index (χ1n) is 8.36. The van der Waals surface area contributed by atoms with E-state index in [1.54, 1.807) is 19.2 Å². The first-order chi connectivity index (χ1) is 12.6. The minimum Gasteiger partial charge on any atom is -0.496 e.